The van der Waals surface area contributed by atoms with Crippen LogP contribution in [0.15, 0.2) is 18.2 Å². The molecule has 0 radical (unpaired) electrons. The lowest BCUT2D eigenvalue weighted by molar-refractivity contribution is -0.130. The maximum Gasteiger partial charge on any atom is 0.166 e. The van der Waals surface area contributed by atoms with E-state index in [4.69, 9.17) is 27.9 Å². The average molecular weight is 275 g/mol. The molecule has 0 saturated heterocycles. The Morgan fingerprint density at radius 3 is 2.35 bits per heavy atom. The molecule has 1 unspecified atom stereocenters. The smallest absolute Gasteiger partial charge is 0.166 e. The van der Waals surface area contributed by atoms with E-state index < -0.39 is 6.10 Å². The Kier molecular flexibility index (Phi) is 5.96. The predicted molar refractivity (Wildman–Crippen MR) is 70.7 cm³/mol. The summed E-state index contributed by atoms with van der Waals surface area (Å²) in [4.78, 5) is 12.0. The molecule has 0 heterocycles. The predicted octanol–water partition coefficient (Wildman–Crippen LogP) is 4.44. The van der Waals surface area contributed by atoms with Crippen LogP contribution in [0.3, 0.4) is 0 Å². The van der Waals surface area contributed by atoms with Crippen LogP contribution in [0.5, 0.6) is 0 Å². The van der Waals surface area contributed by atoms with E-state index in [2.05, 4.69) is 0 Å². The number of carbonyl (C=O) groups excluding carboxylic acids is 1. The summed E-state index contributed by atoms with van der Waals surface area (Å²) < 4.78 is 5.49. The summed E-state index contributed by atoms with van der Waals surface area (Å²) in [5.41, 5.74) is 0.580. The molecule has 0 aromatic heterocycles. The number of ether oxygens (including phenoxy) is 1. The molecule has 0 bridgehead atoms. The molecule has 0 spiro atoms. The molecule has 0 fully saturated rings. The third-order valence-electron chi connectivity index (χ3n) is 2.38. The molecule has 1 rings (SSSR count). The fourth-order valence-corrected chi connectivity index (χ4v) is 2.24. The van der Waals surface area contributed by atoms with Gasteiger partial charge in [0.15, 0.2) is 5.78 Å². The summed E-state index contributed by atoms with van der Waals surface area (Å²) in [5, 5.41) is 0.945. The quantitative estimate of drug-likeness (QED) is 0.767. The van der Waals surface area contributed by atoms with Gasteiger partial charge in [-0.05, 0) is 25.5 Å². The highest BCUT2D eigenvalue weighted by Crippen LogP contribution is 2.33. The third-order valence-corrected chi connectivity index (χ3v) is 3.04. The molecule has 0 aliphatic rings. The van der Waals surface area contributed by atoms with Crippen molar-refractivity contribution in [2.75, 3.05) is 6.61 Å². The van der Waals surface area contributed by atoms with Crippen molar-refractivity contribution >= 4 is 29.0 Å². The molecule has 0 saturated carbocycles. The molecule has 0 aliphatic heterocycles. The van der Waals surface area contributed by atoms with Gasteiger partial charge in [-0.3, -0.25) is 4.79 Å². The first kappa shape index (κ1) is 14.5. The van der Waals surface area contributed by atoms with E-state index in [0.717, 1.165) is 6.42 Å². The zero-order valence-corrected chi connectivity index (χ0v) is 11.5. The molecule has 17 heavy (non-hydrogen) atoms. The van der Waals surface area contributed by atoms with E-state index in [1.165, 1.54) is 0 Å². The van der Waals surface area contributed by atoms with Crippen molar-refractivity contribution in [3.63, 3.8) is 0 Å². The number of Topliss-reactive ketones (excluding diaryl/α,β-unsaturated/α-hetero) is 1. The minimum absolute atomic E-state index is 0.0179. The van der Waals surface area contributed by atoms with Crippen molar-refractivity contribution in [1.29, 1.82) is 0 Å². The summed E-state index contributed by atoms with van der Waals surface area (Å²) in [6.07, 6.45) is 0.595. The van der Waals surface area contributed by atoms with Crippen LogP contribution in [-0.4, -0.2) is 12.4 Å². The summed E-state index contributed by atoms with van der Waals surface area (Å²) in [6.45, 7) is 4.24. The van der Waals surface area contributed by atoms with E-state index >= 15 is 0 Å². The monoisotopic (exact) mass is 274 g/mol. The van der Waals surface area contributed by atoms with Gasteiger partial charge in [0.1, 0.15) is 6.10 Å². The topological polar surface area (TPSA) is 26.3 Å². The summed E-state index contributed by atoms with van der Waals surface area (Å²) in [6, 6.07) is 5.18. The summed E-state index contributed by atoms with van der Waals surface area (Å²) >= 11 is 12.2. The third kappa shape index (κ3) is 3.70. The lowest BCUT2D eigenvalue weighted by atomic mass is 10.0. The minimum Gasteiger partial charge on any atom is -0.366 e. The van der Waals surface area contributed by atoms with E-state index in [-0.39, 0.29) is 5.78 Å². The zero-order valence-electron chi connectivity index (χ0n) is 10.0. The van der Waals surface area contributed by atoms with Crippen molar-refractivity contribution in [3.8, 4) is 0 Å². The molecule has 0 aliphatic carbocycles. The van der Waals surface area contributed by atoms with Gasteiger partial charge in [-0.15, -0.1) is 0 Å². The van der Waals surface area contributed by atoms with E-state index in [1.807, 2.05) is 13.8 Å². The SMILES string of the molecule is CCCC(=O)C(OCC)c1c(Cl)cccc1Cl. The molecule has 0 amide bonds. The van der Waals surface area contributed by atoms with Crippen LogP contribution in [-0.2, 0) is 9.53 Å². The first-order valence-corrected chi connectivity index (χ1v) is 6.45. The standard InChI is InChI=1S/C13H16Cl2O2/c1-3-6-11(16)13(17-4-2)12-9(14)7-5-8-10(12)15/h5,7-8,13H,3-4,6H2,1-2H3. The van der Waals surface area contributed by atoms with Gasteiger partial charge in [-0.1, -0.05) is 36.2 Å². The van der Waals surface area contributed by atoms with Gasteiger partial charge in [-0.25, -0.2) is 0 Å². The Morgan fingerprint density at radius 2 is 1.88 bits per heavy atom. The molecule has 1 aromatic rings. The molecule has 4 heteroatoms. The molecular formula is C13H16Cl2O2. The molecule has 1 aromatic carbocycles. The second-order valence-electron chi connectivity index (χ2n) is 3.69. The van der Waals surface area contributed by atoms with Crippen molar-refractivity contribution < 1.29 is 9.53 Å². The number of carbonyl (C=O) groups is 1. The highest BCUT2D eigenvalue weighted by Gasteiger charge is 2.24. The number of hydrogen-bond donors (Lipinski definition) is 0. The van der Waals surface area contributed by atoms with E-state index in [9.17, 15) is 4.79 Å². The van der Waals surface area contributed by atoms with Gasteiger partial charge < -0.3 is 4.74 Å². The second kappa shape index (κ2) is 7.00. The van der Waals surface area contributed by atoms with Crippen molar-refractivity contribution in [3.05, 3.63) is 33.8 Å². The average Bonchev–Trinajstić information content (AvgIpc) is 2.28. The molecular weight excluding hydrogens is 259 g/mol. The molecule has 2 nitrogen and oxygen atoms in total. The van der Waals surface area contributed by atoms with Gasteiger partial charge in [0.25, 0.3) is 0 Å². The Morgan fingerprint density at radius 1 is 1.29 bits per heavy atom. The minimum atomic E-state index is -0.652. The Labute approximate surface area is 112 Å². The second-order valence-corrected chi connectivity index (χ2v) is 4.50. The van der Waals surface area contributed by atoms with Crippen LogP contribution in [0.25, 0.3) is 0 Å². The maximum absolute atomic E-state index is 12.0. The zero-order chi connectivity index (χ0) is 12.8. The lowest BCUT2D eigenvalue weighted by Gasteiger charge is -2.18. The highest BCUT2D eigenvalue weighted by molar-refractivity contribution is 6.36. The van der Waals surface area contributed by atoms with Crippen LogP contribution < -0.4 is 0 Å². The van der Waals surface area contributed by atoms with Gasteiger partial charge in [0, 0.05) is 28.6 Å². The maximum atomic E-state index is 12.0. The fourth-order valence-electron chi connectivity index (χ4n) is 1.64. The summed E-state index contributed by atoms with van der Waals surface area (Å²) in [7, 11) is 0. The van der Waals surface area contributed by atoms with Gasteiger partial charge in [0.05, 0.1) is 0 Å². The lowest BCUT2D eigenvalue weighted by Crippen LogP contribution is -2.16. The van der Waals surface area contributed by atoms with Crippen LogP contribution in [0.1, 0.15) is 38.4 Å². The summed E-state index contributed by atoms with van der Waals surface area (Å²) in [5.74, 6) is 0.0179. The van der Waals surface area contributed by atoms with Crippen molar-refractivity contribution in [2.45, 2.75) is 32.8 Å². The number of rotatable bonds is 6. The van der Waals surface area contributed by atoms with E-state index in [1.54, 1.807) is 18.2 Å². The number of ketones is 1. The molecule has 94 valence electrons. The van der Waals surface area contributed by atoms with Gasteiger partial charge in [0.2, 0.25) is 0 Å². The Hall–Kier alpha value is -0.570. The van der Waals surface area contributed by atoms with Crippen molar-refractivity contribution in [1.82, 2.24) is 0 Å². The van der Waals surface area contributed by atoms with Gasteiger partial charge in [-0.2, -0.15) is 0 Å². The number of hydrogen-bond acceptors (Lipinski definition) is 2. The molecule has 0 N–H and O–H groups in total. The Balaban J connectivity index is 3.09. The van der Waals surface area contributed by atoms with E-state index in [0.29, 0.717) is 28.6 Å². The van der Waals surface area contributed by atoms with Crippen molar-refractivity contribution in [2.24, 2.45) is 0 Å². The van der Waals surface area contributed by atoms with Crippen LogP contribution in [0.4, 0.5) is 0 Å². The molecule has 1 atom stereocenters. The van der Waals surface area contributed by atoms with Gasteiger partial charge >= 0.3 is 0 Å². The first-order chi connectivity index (χ1) is 8.11. The normalized spacial score (nSPS) is 12.5. The first-order valence-electron chi connectivity index (χ1n) is 5.70. The largest absolute Gasteiger partial charge is 0.366 e. The number of halogens is 2. The van der Waals surface area contributed by atoms with Crippen LogP contribution in [0.2, 0.25) is 10.0 Å². The highest BCUT2D eigenvalue weighted by atomic mass is 35.5. The van der Waals surface area contributed by atoms with Crippen LogP contribution in [0, 0.1) is 0 Å². The Bertz CT molecular complexity index is 371. The van der Waals surface area contributed by atoms with Crippen LogP contribution >= 0.6 is 23.2 Å². The number of benzene rings is 1. The fraction of sp³-hybridized carbons (Fsp3) is 0.462.